The molecule has 0 atom stereocenters. The Morgan fingerprint density at radius 3 is 2.43 bits per heavy atom. The highest BCUT2D eigenvalue weighted by molar-refractivity contribution is 6.02. The molecule has 0 radical (unpaired) electrons. The van der Waals surface area contributed by atoms with Crippen LogP contribution >= 0.6 is 0 Å². The van der Waals surface area contributed by atoms with Crippen LogP contribution in [0, 0.1) is 5.82 Å². The molecule has 6 nitrogen and oxygen atoms in total. The molecule has 0 aliphatic rings. The molecule has 3 aromatic carbocycles. The summed E-state index contributed by atoms with van der Waals surface area (Å²) in [7, 11) is 1.84. The van der Waals surface area contributed by atoms with Gasteiger partial charge in [0, 0.05) is 7.05 Å². The van der Waals surface area contributed by atoms with Crippen molar-refractivity contribution in [3.8, 4) is 11.1 Å². The van der Waals surface area contributed by atoms with E-state index in [0.717, 1.165) is 22.0 Å². The number of nitrogen functional groups attached to an aromatic ring is 1. The van der Waals surface area contributed by atoms with Crippen LogP contribution in [0.25, 0.3) is 22.0 Å². The molecule has 1 heterocycles. The number of aryl methyl sites for hydroxylation is 1. The van der Waals surface area contributed by atoms with Crippen molar-refractivity contribution < 1.29 is 9.18 Å². The molecule has 4 N–H and O–H groups in total. The number of aromatic nitrogens is 2. The van der Waals surface area contributed by atoms with Gasteiger partial charge >= 0.3 is 6.03 Å². The summed E-state index contributed by atoms with van der Waals surface area (Å²) < 4.78 is 15.3. The second kappa shape index (κ2) is 6.70. The third-order valence-corrected chi connectivity index (χ3v) is 4.63. The lowest BCUT2D eigenvalue weighted by molar-refractivity contribution is 0.256. The molecule has 0 saturated heterocycles. The Balaban J connectivity index is 1.78. The minimum atomic E-state index is -0.697. The monoisotopic (exact) mass is 375 g/mol. The van der Waals surface area contributed by atoms with Crippen LogP contribution in [0.15, 0.2) is 66.7 Å². The maximum Gasteiger partial charge on any atom is 0.323 e. The van der Waals surface area contributed by atoms with Gasteiger partial charge in [0.15, 0.2) is 5.82 Å². The molecule has 2 amide bonds. The van der Waals surface area contributed by atoms with Crippen LogP contribution in [0.1, 0.15) is 0 Å². The largest absolute Gasteiger partial charge is 0.382 e. The Kier molecular flexibility index (Phi) is 4.19. The highest BCUT2D eigenvalue weighted by atomic mass is 19.1. The van der Waals surface area contributed by atoms with Crippen LogP contribution in [0.4, 0.5) is 26.4 Å². The molecule has 0 spiro atoms. The zero-order valence-electron chi connectivity index (χ0n) is 15.1. The lowest BCUT2D eigenvalue weighted by atomic mass is 10.0. The van der Waals surface area contributed by atoms with Crippen molar-refractivity contribution in [2.75, 3.05) is 10.6 Å². The van der Waals surface area contributed by atoms with Crippen LogP contribution < -0.4 is 16.4 Å². The zero-order valence-corrected chi connectivity index (χ0v) is 15.1. The first-order chi connectivity index (χ1) is 13.5. The van der Waals surface area contributed by atoms with Gasteiger partial charge in [0.2, 0.25) is 0 Å². The predicted molar refractivity (Wildman–Crippen MR) is 109 cm³/mol. The van der Waals surface area contributed by atoms with Gasteiger partial charge in [0.25, 0.3) is 0 Å². The SMILES string of the molecule is Cn1nc(N)c2c(-c3ccc(N(C(N)=O)c4cccc(F)c4)cc3)cccc21. The van der Waals surface area contributed by atoms with Crippen molar-refractivity contribution in [3.63, 3.8) is 0 Å². The second-order valence-electron chi connectivity index (χ2n) is 6.41. The number of nitrogens with two attached hydrogens (primary N) is 2. The summed E-state index contributed by atoms with van der Waals surface area (Å²) in [6.07, 6.45) is 0. The third kappa shape index (κ3) is 2.92. The quantitative estimate of drug-likeness (QED) is 0.563. The van der Waals surface area contributed by atoms with E-state index < -0.39 is 11.8 Å². The number of urea groups is 1. The molecular weight excluding hydrogens is 357 g/mol. The number of anilines is 3. The van der Waals surface area contributed by atoms with Gasteiger partial charge < -0.3 is 11.5 Å². The Labute approximate surface area is 160 Å². The highest BCUT2D eigenvalue weighted by Gasteiger charge is 2.17. The van der Waals surface area contributed by atoms with Crippen molar-refractivity contribution in [3.05, 3.63) is 72.5 Å². The first-order valence-corrected chi connectivity index (χ1v) is 8.62. The zero-order chi connectivity index (χ0) is 19.8. The van der Waals surface area contributed by atoms with Gasteiger partial charge in [0.05, 0.1) is 22.3 Å². The number of fused-ring (bicyclic) bond motifs is 1. The van der Waals surface area contributed by atoms with Crippen molar-refractivity contribution in [2.24, 2.45) is 12.8 Å². The Hall–Kier alpha value is -3.87. The first-order valence-electron chi connectivity index (χ1n) is 8.62. The normalized spacial score (nSPS) is 10.9. The van der Waals surface area contributed by atoms with E-state index in [0.29, 0.717) is 17.2 Å². The molecule has 140 valence electrons. The summed E-state index contributed by atoms with van der Waals surface area (Å²) >= 11 is 0. The molecule has 4 rings (SSSR count). The van der Waals surface area contributed by atoms with Crippen LogP contribution in [-0.2, 0) is 7.05 Å². The van der Waals surface area contributed by atoms with E-state index in [1.807, 2.05) is 37.4 Å². The fraction of sp³-hybridized carbons (Fsp3) is 0.0476. The van der Waals surface area contributed by atoms with Crippen LogP contribution in [-0.4, -0.2) is 15.8 Å². The van der Waals surface area contributed by atoms with Crippen molar-refractivity contribution in [1.29, 1.82) is 0 Å². The number of carbonyl (C=O) groups is 1. The minimum Gasteiger partial charge on any atom is -0.382 e. The van der Waals surface area contributed by atoms with Gasteiger partial charge in [0.1, 0.15) is 5.82 Å². The maximum atomic E-state index is 13.6. The van der Waals surface area contributed by atoms with Gasteiger partial charge in [-0.1, -0.05) is 30.3 Å². The van der Waals surface area contributed by atoms with Gasteiger partial charge in [-0.05, 0) is 47.5 Å². The number of amides is 2. The number of nitrogens with zero attached hydrogens (tertiary/aromatic N) is 3. The summed E-state index contributed by atoms with van der Waals surface area (Å²) in [5, 5.41) is 5.15. The summed E-state index contributed by atoms with van der Waals surface area (Å²) in [5.41, 5.74) is 15.3. The smallest absolute Gasteiger partial charge is 0.323 e. The number of benzene rings is 3. The van der Waals surface area contributed by atoms with Crippen molar-refractivity contribution >= 4 is 34.1 Å². The highest BCUT2D eigenvalue weighted by Crippen LogP contribution is 2.34. The Bertz CT molecular complexity index is 1180. The molecule has 1 aromatic heterocycles. The fourth-order valence-corrected chi connectivity index (χ4v) is 3.39. The van der Waals surface area contributed by atoms with E-state index in [1.165, 1.54) is 23.1 Å². The van der Waals surface area contributed by atoms with E-state index in [4.69, 9.17) is 11.5 Å². The molecule has 4 aromatic rings. The summed E-state index contributed by atoms with van der Waals surface area (Å²) in [4.78, 5) is 13.2. The molecule has 0 aliphatic carbocycles. The number of halogens is 1. The number of hydrogen-bond acceptors (Lipinski definition) is 3. The van der Waals surface area contributed by atoms with Crippen LogP contribution in [0.3, 0.4) is 0 Å². The number of primary amides is 1. The maximum absolute atomic E-state index is 13.6. The van der Waals surface area contributed by atoms with Gasteiger partial charge in [-0.2, -0.15) is 5.10 Å². The average molecular weight is 375 g/mol. The first kappa shape index (κ1) is 17.5. The lowest BCUT2D eigenvalue weighted by Crippen LogP contribution is -2.31. The molecule has 28 heavy (non-hydrogen) atoms. The van der Waals surface area contributed by atoms with Gasteiger partial charge in [-0.3, -0.25) is 9.58 Å². The standard InChI is InChI=1S/C21H18FN5O/c1-26-18-7-3-6-17(19(18)20(23)25-26)13-8-10-15(11-9-13)27(21(24)28)16-5-2-4-14(22)12-16/h2-12H,1H3,(H2,23,25)(H2,24,28). The molecule has 0 bridgehead atoms. The second-order valence-corrected chi connectivity index (χ2v) is 6.41. The summed E-state index contributed by atoms with van der Waals surface area (Å²) in [6, 6.07) is 18.1. The average Bonchev–Trinajstić information content (AvgIpc) is 2.97. The summed E-state index contributed by atoms with van der Waals surface area (Å²) in [5.74, 6) is 0.00907. The molecule has 0 fully saturated rings. The van der Waals surface area contributed by atoms with E-state index in [9.17, 15) is 9.18 Å². The van der Waals surface area contributed by atoms with Crippen molar-refractivity contribution in [1.82, 2.24) is 9.78 Å². The Morgan fingerprint density at radius 2 is 1.75 bits per heavy atom. The third-order valence-electron chi connectivity index (χ3n) is 4.63. The van der Waals surface area contributed by atoms with Crippen LogP contribution in [0.2, 0.25) is 0 Å². The number of rotatable bonds is 3. The van der Waals surface area contributed by atoms with E-state index in [2.05, 4.69) is 5.10 Å². The van der Waals surface area contributed by atoms with Gasteiger partial charge in [-0.15, -0.1) is 0 Å². The summed E-state index contributed by atoms with van der Waals surface area (Å²) in [6.45, 7) is 0. The number of hydrogen-bond donors (Lipinski definition) is 2. The Morgan fingerprint density at radius 1 is 1.04 bits per heavy atom. The van der Waals surface area contributed by atoms with Gasteiger partial charge in [-0.25, -0.2) is 9.18 Å². The van der Waals surface area contributed by atoms with E-state index in [-0.39, 0.29) is 0 Å². The minimum absolute atomic E-state index is 0.360. The topological polar surface area (TPSA) is 90.2 Å². The molecule has 0 aliphatic heterocycles. The van der Waals surface area contributed by atoms with E-state index in [1.54, 1.807) is 22.9 Å². The predicted octanol–water partition coefficient (Wildman–Crippen LogP) is 4.18. The molecule has 0 unspecified atom stereocenters. The molecular formula is C21H18FN5O. The molecule has 7 heteroatoms. The van der Waals surface area contributed by atoms with Crippen LogP contribution in [0.5, 0.6) is 0 Å². The van der Waals surface area contributed by atoms with Crippen molar-refractivity contribution in [2.45, 2.75) is 0 Å². The lowest BCUT2D eigenvalue weighted by Gasteiger charge is -2.21. The fourth-order valence-electron chi connectivity index (χ4n) is 3.39. The number of carbonyl (C=O) groups excluding carboxylic acids is 1. The molecule has 0 saturated carbocycles. The van der Waals surface area contributed by atoms with E-state index >= 15 is 0 Å².